The lowest BCUT2D eigenvalue weighted by molar-refractivity contribution is -0.129. The van der Waals surface area contributed by atoms with Gasteiger partial charge in [0, 0.05) is 0 Å². The molecule has 0 saturated heterocycles. The lowest BCUT2D eigenvalue weighted by atomic mass is 9.88. The molecule has 4 atom stereocenters. The first-order valence-electron chi connectivity index (χ1n) is 8.15. The van der Waals surface area contributed by atoms with Gasteiger partial charge in [-0.15, -0.1) is 0 Å². The third kappa shape index (κ3) is 4.78. The summed E-state index contributed by atoms with van der Waals surface area (Å²) in [7, 11) is 0. The Labute approximate surface area is 133 Å². The Kier molecular flexibility index (Phi) is 5.98. The van der Waals surface area contributed by atoms with Crippen LogP contribution in [0.15, 0.2) is 30.3 Å². The number of rotatable bonds is 7. The van der Waals surface area contributed by atoms with Gasteiger partial charge in [0.25, 0.3) is 0 Å². The predicted molar refractivity (Wildman–Crippen MR) is 87.2 cm³/mol. The maximum absolute atomic E-state index is 10.7. The Bertz CT molecular complexity index is 447. The van der Waals surface area contributed by atoms with E-state index in [0.717, 1.165) is 24.8 Å². The summed E-state index contributed by atoms with van der Waals surface area (Å²) >= 11 is 0. The summed E-state index contributed by atoms with van der Waals surface area (Å²) in [5, 5.41) is 10.7. The Morgan fingerprint density at radius 3 is 2.59 bits per heavy atom. The van der Waals surface area contributed by atoms with Crippen LogP contribution in [0, 0.1) is 5.92 Å². The molecule has 0 heterocycles. The SMILES string of the molecule is CC(N)OC1CCC(C(O)C(C)(C)OCc2ccccc2)C1. The highest BCUT2D eigenvalue weighted by Gasteiger charge is 2.39. The van der Waals surface area contributed by atoms with Crippen molar-refractivity contribution in [3.63, 3.8) is 0 Å². The molecule has 22 heavy (non-hydrogen) atoms. The number of nitrogens with two attached hydrogens (primary N) is 1. The van der Waals surface area contributed by atoms with Gasteiger partial charge in [0.2, 0.25) is 0 Å². The Balaban J connectivity index is 1.86. The number of hydrogen-bond donors (Lipinski definition) is 2. The van der Waals surface area contributed by atoms with E-state index in [1.54, 1.807) is 0 Å². The molecule has 4 heteroatoms. The molecule has 124 valence electrons. The van der Waals surface area contributed by atoms with Crippen LogP contribution >= 0.6 is 0 Å². The van der Waals surface area contributed by atoms with Crippen LogP contribution in [0.4, 0.5) is 0 Å². The Morgan fingerprint density at radius 1 is 1.27 bits per heavy atom. The molecular formula is C18H29NO3. The zero-order valence-electron chi connectivity index (χ0n) is 13.9. The molecule has 4 nitrogen and oxygen atoms in total. The molecule has 1 aromatic rings. The zero-order chi connectivity index (χ0) is 16.2. The van der Waals surface area contributed by atoms with Gasteiger partial charge in [-0.3, -0.25) is 0 Å². The fourth-order valence-corrected chi connectivity index (χ4v) is 3.18. The number of aliphatic hydroxyl groups excluding tert-OH is 1. The van der Waals surface area contributed by atoms with E-state index in [4.69, 9.17) is 15.2 Å². The van der Waals surface area contributed by atoms with Crippen LogP contribution < -0.4 is 5.73 Å². The number of aliphatic hydroxyl groups is 1. The van der Waals surface area contributed by atoms with Crippen molar-refractivity contribution in [2.24, 2.45) is 11.7 Å². The highest BCUT2D eigenvalue weighted by molar-refractivity contribution is 5.13. The van der Waals surface area contributed by atoms with Crippen molar-refractivity contribution in [3.8, 4) is 0 Å². The maximum Gasteiger partial charge on any atom is 0.103 e. The maximum atomic E-state index is 10.7. The van der Waals surface area contributed by atoms with Gasteiger partial charge in [-0.05, 0) is 51.5 Å². The summed E-state index contributed by atoms with van der Waals surface area (Å²) in [5.74, 6) is 0.203. The molecule has 1 fully saturated rings. The van der Waals surface area contributed by atoms with Gasteiger partial charge in [0.15, 0.2) is 0 Å². The van der Waals surface area contributed by atoms with E-state index in [-0.39, 0.29) is 18.2 Å². The average Bonchev–Trinajstić information content (AvgIpc) is 2.93. The Hall–Kier alpha value is -0.940. The van der Waals surface area contributed by atoms with E-state index >= 15 is 0 Å². The van der Waals surface area contributed by atoms with Gasteiger partial charge in [0.05, 0.1) is 24.4 Å². The topological polar surface area (TPSA) is 64.7 Å². The monoisotopic (exact) mass is 307 g/mol. The molecule has 0 radical (unpaired) electrons. The van der Waals surface area contributed by atoms with E-state index in [1.807, 2.05) is 51.1 Å². The highest BCUT2D eigenvalue weighted by atomic mass is 16.5. The molecule has 1 aliphatic carbocycles. The molecule has 0 bridgehead atoms. The average molecular weight is 307 g/mol. The summed E-state index contributed by atoms with van der Waals surface area (Å²) in [6.07, 6.45) is 2.17. The van der Waals surface area contributed by atoms with E-state index in [0.29, 0.717) is 6.61 Å². The van der Waals surface area contributed by atoms with Crippen LogP contribution in [-0.4, -0.2) is 29.1 Å². The van der Waals surface area contributed by atoms with Gasteiger partial charge in [-0.25, -0.2) is 0 Å². The van der Waals surface area contributed by atoms with E-state index < -0.39 is 11.7 Å². The molecular weight excluding hydrogens is 278 g/mol. The van der Waals surface area contributed by atoms with Crippen molar-refractivity contribution in [3.05, 3.63) is 35.9 Å². The van der Waals surface area contributed by atoms with Gasteiger partial charge in [-0.1, -0.05) is 30.3 Å². The largest absolute Gasteiger partial charge is 0.390 e. The summed E-state index contributed by atoms with van der Waals surface area (Å²) in [6.45, 7) is 6.27. The van der Waals surface area contributed by atoms with Crippen molar-refractivity contribution in [2.45, 2.75) is 70.7 Å². The third-order valence-electron chi connectivity index (χ3n) is 4.44. The number of benzene rings is 1. The first-order chi connectivity index (χ1) is 10.4. The minimum atomic E-state index is -0.580. The summed E-state index contributed by atoms with van der Waals surface area (Å²) in [6, 6.07) is 10.0. The standard InChI is InChI=1S/C18H29NO3/c1-13(19)22-16-10-9-15(11-16)17(20)18(2,3)21-12-14-7-5-4-6-8-14/h4-8,13,15-17,20H,9-12,19H2,1-3H3. The third-order valence-corrected chi connectivity index (χ3v) is 4.44. The Morgan fingerprint density at radius 2 is 1.95 bits per heavy atom. The lowest BCUT2D eigenvalue weighted by Gasteiger charge is -2.34. The second-order valence-corrected chi connectivity index (χ2v) is 6.86. The molecule has 1 saturated carbocycles. The molecule has 0 aromatic heterocycles. The van der Waals surface area contributed by atoms with Gasteiger partial charge >= 0.3 is 0 Å². The van der Waals surface area contributed by atoms with Crippen LogP contribution in [0.1, 0.15) is 45.6 Å². The van der Waals surface area contributed by atoms with Crippen molar-refractivity contribution in [2.75, 3.05) is 0 Å². The van der Waals surface area contributed by atoms with Crippen LogP contribution in [0.25, 0.3) is 0 Å². The summed E-state index contributed by atoms with van der Waals surface area (Å²) in [4.78, 5) is 0. The van der Waals surface area contributed by atoms with Gasteiger partial charge in [-0.2, -0.15) is 0 Å². The van der Waals surface area contributed by atoms with Crippen LogP contribution in [0.3, 0.4) is 0 Å². The fourth-order valence-electron chi connectivity index (χ4n) is 3.18. The van der Waals surface area contributed by atoms with Crippen LogP contribution in [-0.2, 0) is 16.1 Å². The van der Waals surface area contributed by atoms with E-state index in [9.17, 15) is 5.11 Å². The molecule has 1 aliphatic rings. The highest BCUT2D eigenvalue weighted by Crippen LogP contribution is 2.35. The second kappa shape index (κ2) is 7.55. The van der Waals surface area contributed by atoms with Crippen LogP contribution in [0.2, 0.25) is 0 Å². The molecule has 2 rings (SSSR count). The lowest BCUT2D eigenvalue weighted by Crippen LogP contribution is -2.43. The minimum absolute atomic E-state index is 0.157. The second-order valence-electron chi connectivity index (χ2n) is 6.86. The van der Waals surface area contributed by atoms with E-state index in [2.05, 4.69) is 0 Å². The number of ether oxygens (including phenoxy) is 2. The van der Waals surface area contributed by atoms with Crippen molar-refractivity contribution < 1.29 is 14.6 Å². The predicted octanol–water partition coefficient (Wildman–Crippen LogP) is 2.83. The van der Waals surface area contributed by atoms with Crippen molar-refractivity contribution >= 4 is 0 Å². The molecule has 4 unspecified atom stereocenters. The van der Waals surface area contributed by atoms with Gasteiger partial charge < -0.3 is 20.3 Å². The quantitative estimate of drug-likeness (QED) is 0.760. The molecule has 0 spiro atoms. The zero-order valence-corrected chi connectivity index (χ0v) is 13.9. The van der Waals surface area contributed by atoms with E-state index in [1.165, 1.54) is 0 Å². The summed E-state index contributed by atoms with van der Waals surface area (Å²) in [5.41, 5.74) is 6.22. The molecule has 3 N–H and O–H groups in total. The first-order valence-corrected chi connectivity index (χ1v) is 8.15. The normalized spacial score (nSPS) is 25.1. The molecule has 0 aliphatic heterocycles. The minimum Gasteiger partial charge on any atom is -0.390 e. The molecule has 1 aromatic carbocycles. The van der Waals surface area contributed by atoms with Gasteiger partial charge in [0.1, 0.15) is 6.23 Å². The smallest absolute Gasteiger partial charge is 0.103 e. The number of hydrogen-bond acceptors (Lipinski definition) is 4. The fraction of sp³-hybridized carbons (Fsp3) is 0.667. The van der Waals surface area contributed by atoms with Crippen molar-refractivity contribution in [1.82, 2.24) is 0 Å². The summed E-state index contributed by atoms with van der Waals surface area (Å²) < 4.78 is 11.6. The molecule has 0 amide bonds. The van der Waals surface area contributed by atoms with Crippen LogP contribution in [0.5, 0.6) is 0 Å². The first kappa shape index (κ1) is 17.4. The van der Waals surface area contributed by atoms with Crippen molar-refractivity contribution in [1.29, 1.82) is 0 Å².